The molecular formula is C17H19ClN4O2. The van der Waals surface area contributed by atoms with Gasteiger partial charge in [-0.1, -0.05) is 17.7 Å². The van der Waals surface area contributed by atoms with Gasteiger partial charge in [0.25, 0.3) is 0 Å². The molecule has 0 saturated carbocycles. The smallest absolute Gasteiger partial charge is 0.308 e. The van der Waals surface area contributed by atoms with Crippen molar-refractivity contribution in [3.63, 3.8) is 0 Å². The third-order valence-electron chi connectivity index (χ3n) is 4.02. The van der Waals surface area contributed by atoms with Gasteiger partial charge in [-0.05, 0) is 38.0 Å². The lowest BCUT2D eigenvalue weighted by Gasteiger charge is -2.31. The Bertz CT molecular complexity index is 753. The number of hydrogen-bond acceptors (Lipinski definition) is 5. The Balaban J connectivity index is 1.82. The summed E-state index contributed by atoms with van der Waals surface area (Å²) in [6.07, 6.45) is 1.56. The molecule has 1 saturated heterocycles. The highest BCUT2D eigenvalue weighted by molar-refractivity contribution is 6.30. The van der Waals surface area contributed by atoms with Crippen LogP contribution in [0.25, 0.3) is 0 Å². The summed E-state index contributed by atoms with van der Waals surface area (Å²) in [6, 6.07) is 9.24. The fourth-order valence-electron chi connectivity index (χ4n) is 2.88. The quantitative estimate of drug-likeness (QED) is 0.882. The van der Waals surface area contributed by atoms with Gasteiger partial charge in [0.2, 0.25) is 0 Å². The Hall–Kier alpha value is -2.34. The van der Waals surface area contributed by atoms with Crippen molar-refractivity contribution >= 4 is 34.9 Å². The molecule has 0 amide bonds. The molecule has 3 rings (SSSR count). The summed E-state index contributed by atoms with van der Waals surface area (Å²) < 4.78 is 0. The first-order chi connectivity index (χ1) is 11.5. The van der Waals surface area contributed by atoms with Crippen LogP contribution < -0.4 is 10.2 Å². The standard InChI is InChI=1S/C17H19ClN4O2/c1-11-19-15(21-14-6-2-5-13(18)8-14)9-16(20-11)22-7-3-4-12(10-22)17(23)24/h2,5-6,8-9,12H,3-4,7,10H2,1H3,(H,23,24)(H,19,20,21). The maximum absolute atomic E-state index is 11.3. The number of halogens is 1. The Labute approximate surface area is 145 Å². The van der Waals surface area contributed by atoms with Crippen molar-refractivity contribution in [2.75, 3.05) is 23.3 Å². The van der Waals surface area contributed by atoms with Crippen LogP contribution in [0.5, 0.6) is 0 Å². The maximum Gasteiger partial charge on any atom is 0.308 e. The van der Waals surface area contributed by atoms with E-state index in [1.54, 1.807) is 0 Å². The Morgan fingerprint density at radius 3 is 2.96 bits per heavy atom. The monoisotopic (exact) mass is 346 g/mol. The second-order valence-electron chi connectivity index (χ2n) is 5.92. The molecule has 6 nitrogen and oxygen atoms in total. The fourth-order valence-corrected chi connectivity index (χ4v) is 3.07. The van der Waals surface area contributed by atoms with E-state index in [0.717, 1.165) is 24.5 Å². The molecule has 2 aromatic rings. The molecule has 0 bridgehead atoms. The number of anilines is 3. The number of carboxylic acid groups (broad SMARTS) is 1. The molecule has 1 aliphatic rings. The highest BCUT2D eigenvalue weighted by Gasteiger charge is 2.26. The molecule has 1 atom stereocenters. The van der Waals surface area contributed by atoms with Crippen LogP contribution in [-0.2, 0) is 4.79 Å². The van der Waals surface area contributed by atoms with Gasteiger partial charge in [0.05, 0.1) is 5.92 Å². The van der Waals surface area contributed by atoms with Gasteiger partial charge in [-0.2, -0.15) is 0 Å². The van der Waals surface area contributed by atoms with E-state index in [1.807, 2.05) is 42.2 Å². The number of aryl methyl sites for hydroxylation is 1. The van der Waals surface area contributed by atoms with Gasteiger partial charge in [0.15, 0.2) is 0 Å². The SMILES string of the molecule is Cc1nc(Nc2cccc(Cl)c2)cc(N2CCCC(C(=O)O)C2)n1. The van der Waals surface area contributed by atoms with Crippen LogP contribution in [0.3, 0.4) is 0 Å². The summed E-state index contributed by atoms with van der Waals surface area (Å²) in [7, 11) is 0. The number of aromatic nitrogens is 2. The van der Waals surface area contributed by atoms with E-state index in [1.165, 1.54) is 0 Å². The molecule has 126 valence electrons. The summed E-state index contributed by atoms with van der Waals surface area (Å²) >= 11 is 6.00. The first-order valence-corrected chi connectivity index (χ1v) is 8.25. The molecule has 1 aromatic carbocycles. The number of carboxylic acids is 1. The molecule has 1 aromatic heterocycles. The molecular weight excluding hydrogens is 328 g/mol. The molecule has 1 aliphatic heterocycles. The predicted octanol–water partition coefficient (Wildman–Crippen LogP) is 3.48. The third kappa shape index (κ3) is 3.94. The summed E-state index contributed by atoms with van der Waals surface area (Å²) in [5, 5.41) is 13.1. The number of nitrogens with zero attached hydrogens (tertiary/aromatic N) is 3. The number of carbonyl (C=O) groups is 1. The lowest BCUT2D eigenvalue weighted by atomic mass is 9.98. The molecule has 0 spiro atoms. The average molecular weight is 347 g/mol. The van der Waals surface area contributed by atoms with E-state index in [9.17, 15) is 9.90 Å². The van der Waals surface area contributed by atoms with Gasteiger partial charge in [0, 0.05) is 29.9 Å². The topological polar surface area (TPSA) is 78.4 Å². The molecule has 0 radical (unpaired) electrons. The lowest BCUT2D eigenvalue weighted by molar-refractivity contribution is -0.141. The summed E-state index contributed by atoms with van der Waals surface area (Å²) in [5.41, 5.74) is 0.841. The van der Waals surface area contributed by atoms with Crippen LogP contribution in [-0.4, -0.2) is 34.1 Å². The summed E-state index contributed by atoms with van der Waals surface area (Å²) in [4.78, 5) is 22.1. The number of aliphatic carboxylic acids is 1. The fraction of sp³-hybridized carbons (Fsp3) is 0.353. The molecule has 1 fully saturated rings. The molecule has 0 aliphatic carbocycles. The zero-order valence-electron chi connectivity index (χ0n) is 13.4. The van der Waals surface area contributed by atoms with E-state index < -0.39 is 5.97 Å². The normalized spacial score (nSPS) is 17.6. The van der Waals surface area contributed by atoms with Crippen LogP contribution in [0.2, 0.25) is 5.02 Å². The molecule has 7 heteroatoms. The van der Waals surface area contributed by atoms with Crippen molar-refractivity contribution in [1.29, 1.82) is 0 Å². The first kappa shape index (κ1) is 16.5. The van der Waals surface area contributed by atoms with Gasteiger partial charge in [-0.15, -0.1) is 0 Å². The van der Waals surface area contributed by atoms with Crippen molar-refractivity contribution < 1.29 is 9.90 Å². The van der Waals surface area contributed by atoms with Gasteiger partial charge in [-0.25, -0.2) is 9.97 Å². The average Bonchev–Trinajstić information content (AvgIpc) is 2.54. The third-order valence-corrected chi connectivity index (χ3v) is 4.25. The largest absolute Gasteiger partial charge is 0.481 e. The minimum absolute atomic E-state index is 0.349. The van der Waals surface area contributed by atoms with E-state index in [2.05, 4.69) is 15.3 Å². The highest BCUT2D eigenvalue weighted by Crippen LogP contribution is 2.25. The molecule has 24 heavy (non-hydrogen) atoms. The predicted molar refractivity (Wildman–Crippen MR) is 94.1 cm³/mol. The van der Waals surface area contributed by atoms with Crippen LogP contribution in [0.4, 0.5) is 17.3 Å². The number of rotatable bonds is 4. The number of benzene rings is 1. The van der Waals surface area contributed by atoms with E-state index in [4.69, 9.17) is 11.6 Å². The van der Waals surface area contributed by atoms with Crippen LogP contribution in [0.1, 0.15) is 18.7 Å². The van der Waals surface area contributed by atoms with Crippen molar-refractivity contribution in [3.05, 3.63) is 41.2 Å². The van der Waals surface area contributed by atoms with Crippen molar-refractivity contribution in [2.24, 2.45) is 5.92 Å². The zero-order chi connectivity index (χ0) is 17.1. The Kier molecular flexibility index (Phi) is 4.85. The van der Waals surface area contributed by atoms with Gasteiger partial charge in [0.1, 0.15) is 17.5 Å². The minimum Gasteiger partial charge on any atom is -0.481 e. The first-order valence-electron chi connectivity index (χ1n) is 7.87. The second-order valence-corrected chi connectivity index (χ2v) is 6.35. The lowest BCUT2D eigenvalue weighted by Crippen LogP contribution is -2.39. The van der Waals surface area contributed by atoms with E-state index in [0.29, 0.717) is 29.6 Å². The second kappa shape index (κ2) is 7.05. The number of hydrogen-bond donors (Lipinski definition) is 2. The van der Waals surface area contributed by atoms with Crippen molar-refractivity contribution in [2.45, 2.75) is 19.8 Å². The van der Waals surface area contributed by atoms with Gasteiger partial charge < -0.3 is 15.3 Å². The highest BCUT2D eigenvalue weighted by atomic mass is 35.5. The number of piperidine rings is 1. The van der Waals surface area contributed by atoms with E-state index in [-0.39, 0.29) is 5.92 Å². The summed E-state index contributed by atoms with van der Waals surface area (Å²) in [6.45, 7) is 3.10. The van der Waals surface area contributed by atoms with Crippen molar-refractivity contribution in [1.82, 2.24) is 9.97 Å². The van der Waals surface area contributed by atoms with Gasteiger partial charge in [-0.3, -0.25) is 4.79 Å². The van der Waals surface area contributed by atoms with Crippen molar-refractivity contribution in [3.8, 4) is 0 Å². The molecule has 2 N–H and O–H groups in total. The summed E-state index contributed by atoms with van der Waals surface area (Å²) in [5.74, 6) is 0.950. The number of nitrogens with one attached hydrogen (secondary N) is 1. The Morgan fingerprint density at radius 2 is 2.21 bits per heavy atom. The molecule has 2 heterocycles. The Morgan fingerprint density at radius 1 is 1.38 bits per heavy atom. The van der Waals surface area contributed by atoms with E-state index >= 15 is 0 Å². The van der Waals surface area contributed by atoms with Crippen LogP contribution >= 0.6 is 11.6 Å². The molecule has 1 unspecified atom stereocenters. The van der Waals surface area contributed by atoms with Crippen LogP contribution in [0, 0.1) is 12.8 Å². The van der Waals surface area contributed by atoms with Crippen LogP contribution in [0.15, 0.2) is 30.3 Å². The minimum atomic E-state index is -0.747. The zero-order valence-corrected chi connectivity index (χ0v) is 14.1. The van der Waals surface area contributed by atoms with Gasteiger partial charge >= 0.3 is 5.97 Å². The maximum atomic E-state index is 11.3.